The van der Waals surface area contributed by atoms with Gasteiger partial charge in [-0.2, -0.15) is 0 Å². The number of carbonyl (C=O) groups is 6. The minimum atomic E-state index is -2.66. The van der Waals surface area contributed by atoms with E-state index in [9.17, 15) is 167 Å². The Kier molecular flexibility index (Phi) is 40.8. The fraction of sp³-hybridized carbons (Fsp3) is 0.919. The maximum absolute atomic E-state index is 13.6. The highest BCUT2D eigenvalue weighted by atomic mass is 16.8. The minimum Gasteiger partial charge on any atom is -0.394 e. The van der Waals surface area contributed by atoms with Gasteiger partial charge in [0.25, 0.3) is 0 Å². The number of aliphatic hydroxyl groups excluding tert-OH is 27. The molecule has 0 aromatic carbocycles. The van der Waals surface area contributed by atoms with Crippen molar-refractivity contribution in [1.29, 1.82) is 0 Å². The Hall–Kier alpha value is -5.06. The highest BCUT2D eigenvalue weighted by Gasteiger charge is 2.63. The molecule has 0 spiro atoms. The smallest absolute Gasteiger partial charge is 0.217 e. The van der Waals surface area contributed by atoms with E-state index in [1.807, 2.05) is 0 Å². The zero-order chi connectivity index (χ0) is 97.9. The first-order valence-corrected chi connectivity index (χ1v) is 42.3. The molecule has 59 nitrogen and oxygen atoms in total. The number of rotatable bonds is 39. The van der Waals surface area contributed by atoms with Crippen molar-refractivity contribution in [2.24, 2.45) is 0 Å². The normalized spacial score (nSPS) is 46.7. The Bertz CT molecular complexity index is 3630. The van der Waals surface area contributed by atoms with Crippen LogP contribution in [0.1, 0.15) is 34.6 Å². The molecule has 10 heterocycles. The summed E-state index contributed by atoms with van der Waals surface area (Å²) in [6.07, 6.45) is -95.2. The topological polar surface area (TPSA) is 905 Å². The largest absolute Gasteiger partial charge is 0.394 e. The molecule has 51 atom stereocenters. The van der Waals surface area contributed by atoms with E-state index in [0.29, 0.717) is 0 Å². The van der Waals surface area contributed by atoms with E-state index in [-0.39, 0.29) is 6.41 Å². The van der Waals surface area contributed by atoms with Gasteiger partial charge in [0.1, 0.15) is 244 Å². The van der Waals surface area contributed by atoms with E-state index in [2.05, 4.69) is 31.9 Å². The maximum atomic E-state index is 13.6. The van der Waals surface area contributed by atoms with Gasteiger partial charge in [-0.1, -0.05) is 0 Å². The lowest BCUT2D eigenvalue weighted by molar-refractivity contribution is -0.390. The Balaban J connectivity index is 0.980. The van der Waals surface area contributed by atoms with E-state index >= 15 is 0 Å². The summed E-state index contributed by atoms with van der Waals surface area (Å²) < 4.78 is 119. The molecule has 768 valence electrons. The van der Waals surface area contributed by atoms with Crippen molar-refractivity contribution in [3.05, 3.63) is 0 Å². The minimum absolute atomic E-state index is 0.229. The number of nitrogens with one attached hydrogen (secondary N) is 6. The molecule has 10 saturated heterocycles. The van der Waals surface area contributed by atoms with Gasteiger partial charge in [0, 0.05) is 34.6 Å². The monoisotopic (exact) mass is 1940 g/mol. The number of hydrogen-bond acceptors (Lipinski definition) is 53. The van der Waals surface area contributed by atoms with Gasteiger partial charge >= 0.3 is 0 Å². The molecule has 0 unspecified atom stereocenters. The third-order valence-electron chi connectivity index (χ3n) is 23.8. The van der Waals surface area contributed by atoms with Gasteiger partial charge in [0.05, 0.1) is 85.3 Å². The molecule has 33 N–H and O–H groups in total. The van der Waals surface area contributed by atoms with E-state index in [4.69, 9.17) is 94.7 Å². The standard InChI is InChI=1S/C74H124N6O53/c1-19(92)76-35-48(105)40(97)25(7-82)116-66(35)130-61-44(101)29(11-86)120-71(53(61)110)126-57-32(14-89)123-65(37(50(57)107)78-21(3)94)115-17-34-47(104)64(133-69-38(79-22(4)95)59(42(99)27(9-84)119-69)128-73-55(112)62(45(102)31(13-88)122-73)131-67-36(77-20(2)93)49(106)41(98)26(8-83)117-67)56(113)74(125-34)129-60-39(80-23(5)96)68(118-28(10-85)43(60)100)132-63-46(103)30(12-87)121-72(54(63)111)127-58-33(15-90)124-70(52(109)51(58)108)114-16-24(6-81)75-18-91/h18,24-74,81-90,97-113H,6-17H2,1-5H3,(H,75,91)(H,76,92)(H,77,93)(H,78,94)(H,79,95)(H,80,96)/t24-,25-,26-,27-,28-,29-,30-,31-,32-,33-,34-,35-,36-,37-,38-,39-,40+,41+,42-,43-,44+,45+,46+,47+,48-,49-,50-,51-,52-,53-,54-,55-,56-,57-,58-,59-,60-,61+,62+,63+,64+,65-,66-,67-,68+,69+,70-,71+,72+,73+,74+/m1/s1. The van der Waals surface area contributed by atoms with Crippen molar-refractivity contribution >= 4 is 35.9 Å². The van der Waals surface area contributed by atoms with Crippen LogP contribution in [-0.4, -0.2) is 566 Å². The van der Waals surface area contributed by atoms with Crippen LogP contribution in [0.25, 0.3) is 0 Å². The first-order chi connectivity index (χ1) is 63.1. The molecule has 0 saturated carbocycles. The quantitative estimate of drug-likeness (QED) is 0.0254. The molecule has 10 fully saturated rings. The molecule has 10 aliphatic rings. The summed E-state index contributed by atoms with van der Waals surface area (Å²) >= 11 is 0. The fourth-order valence-electron chi connectivity index (χ4n) is 16.9. The third kappa shape index (κ3) is 25.3. The summed E-state index contributed by atoms with van der Waals surface area (Å²) in [5, 5.41) is 319. The Labute approximate surface area is 753 Å². The summed E-state index contributed by atoms with van der Waals surface area (Å²) in [6, 6.07) is -10.7. The highest BCUT2D eigenvalue weighted by molar-refractivity contribution is 5.75. The summed E-state index contributed by atoms with van der Waals surface area (Å²) in [7, 11) is 0. The molecule has 0 aromatic heterocycles. The second-order valence-corrected chi connectivity index (χ2v) is 33.2. The first-order valence-electron chi connectivity index (χ1n) is 42.3. The van der Waals surface area contributed by atoms with E-state index in [1.54, 1.807) is 0 Å². The molecular formula is C74H124N6O53. The Morgan fingerprint density at radius 3 is 0.797 bits per heavy atom. The fourth-order valence-corrected chi connectivity index (χ4v) is 16.9. The summed E-state index contributed by atoms with van der Waals surface area (Å²) in [4.78, 5) is 76.2. The van der Waals surface area contributed by atoms with Crippen molar-refractivity contribution in [3.63, 3.8) is 0 Å². The van der Waals surface area contributed by atoms with Gasteiger partial charge in [-0.3, -0.25) is 28.8 Å². The summed E-state index contributed by atoms with van der Waals surface area (Å²) in [5.41, 5.74) is 0. The molecule has 0 aliphatic carbocycles. The number of amides is 6. The molecule has 6 amide bonds. The predicted molar refractivity (Wildman–Crippen MR) is 411 cm³/mol. The first kappa shape index (κ1) is 110. The van der Waals surface area contributed by atoms with Crippen LogP contribution < -0.4 is 31.9 Å². The van der Waals surface area contributed by atoms with Gasteiger partial charge in [0.15, 0.2) is 62.9 Å². The lowest BCUT2D eigenvalue weighted by Crippen LogP contribution is -2.71. The van der Waals surface area contributed by atoms with Crippen molar-refractivity contribution in [1.82, 2.24) is 31.9 Å². The molecule has 59 heteroatoms. The number of aliphatic hydroxyl groups is 27. The molecule has 0 aromatic rings. The van der Waals surface area contributed by atoms with Crippen LogP contribution in [0, 0.1) is 0 Å². The van der Waals surface area contributed by atoms with Crippen LogP contribution in [-0.2, 0) is 124 Å². The average molecular weight is 1950 g/mol. The lowest BCUT2D eigenvalue weighted by atomic mass is 9.93. The molecule has 0 bridgehead atoms. The average Bonchev–Trinajstić information content (AvgIpc) is 0.772. The van der Waals surface area contributed by atoms with Gasteiger partial charge in [-0.25, -0.2) is 0 Å². The number of carbonyl (C=O) groups excluding carboxylic acids is 6. The number of hydrogen-bond donors (Lipinski definition) is 33. The maximum Gasteiger partial charge on any atom is 0.217 e. The SMILES string of the molecule is CC(=O)N[C@H]1[C@H](OC[C@H]2O[C@@H](O[C@H]3[C@H](O)[C@@H](CO)O[C@@H](O[C@H]4[C@@H](O)[C@@H](CO)O[C@@H](O[C@H]5[C@H](O)[C@@H](O)[C@H](OC[C@@H](CO)NC=O)O[C@@H]5CO)[C@@H]4O)[C@@H]3NC(C)=O)[C@H](O)[C@@H](O[C@@H]3O[C@H](CO)[C@@H](O)[C@H](O[C@@H]4O[C@H](CO)[C@H](O)[C@H](O[C@H]5O[C@H](CO)[C@H](O)[C@H](O)[C@H]5NC(C)=O)[C@H]4O)[C@H]3NC(C)=O)[C@H]2O)O[C@H](CO)[C@@H](O[C@@H]2O[C@H](CO)[C@H](O)[C@H](O[C@H]3O[C@H](CO)[C@H](O)[C@H](O)[C@H]3NC(C)=O)[C@H]2O)[C@@H]1O. The zero-order valence-electron chi connectivity index (χ0n) is 71.7. The third-order valence-corrected chi connectivity index (χ3v) is 23.8. The van der Waals surface area contributed by atoms with E-state index in [0.717, 1.165) is 34.6 Å². The summed E-state index contributed by atoms with van der Waals surface area (Å²) in [5.74, 6) is -4.79. The van der Waals surface area contributed by atoms with Crippen LogP contribution in [0.5, 0.6) is 0 Å². The van der Waals surface area contributed by atoms with Crippen LogP contribution >= 0.6 is 0 Å². The van der Waals surface area contributed by atoms with Crippen LogP contribution in [0.15, 0.2) is 0 Å². The van der Waals surface area contributed by atoms with Crippen molar-refractivity contribution in [3.8, 4) is 0 Å². The van der Waals surface area contributed by atoms with E-state index in [1.165, 1.54) is 0 Å². The molecular weight excluding hydrogens is 1820 g/mol. The van der Waals surface area contributed by atoms with Gasteiger partial charge in [-0.05, 0) is 0 Å². The van der Waals surface area contributed by atoms with E-state index < -0.39 is 422 Å². The number of ether oxygens (including phenoxy) is 20. The Morgan fingerprint density at radius 1 is 0.248 bits per heavy atom. The Morgan fingerprint density at radius 2 is 0.489 bits per heavy atom. The van der Waals surface area contributed by atoms with Crippen molar-refractivity contribution < 1.29 is 261 Å². The van der Waals surface area contributed by atoms with Crippen LogP contribution in [0.4, 0.5) is 0 Å². The second-order valence-electron chi connectivity index (χ2n) is 33.2. The van der Waals surface area contributed by atoms with Gasteiger partial charge in [-0.15, -0.1) is 0 Å². The molecule has 10 rings (SSSR count). The molecule has 10 aliphatic heterocycles. The van der Waals surface area contributed by atoms with Gasteiger partial charge in [0.2, 0.25) is 35.9 Å². The second kappa shape index (κ2) is 49.4. The predicted octanol–water partition coefficient (Wildman–Crippen LogP) is -23.0. The highest BCUT2D eigenvalue weighted by Crippen LogP contribution is 2.41. The lowest BCUT2D eigenvalue weighted by Gasteiger charge is -2.51. The van der Waals surface area contributed by atoms with Crippen molar-refractivity contribution in [2.75, 3.05) is 79.3 Å². The van der Waals surface area contributed by atoms with Crippen molar-refractivity contribution in [2.45, 2.75) is 347 Å². The zero-order valence-corrected chi connectivity index (χ0v) is 71.7. The van der Waals surface area contributed by atoms with Crippen LogP contribution in [0.2, 0.25) is 0 Å². The van der Waals surface area contributed by atoms with Gasteiger partial charge < -0.3 is 265 Å². The summed E-state index contributed by atoms with van der Waals surface area (Å²) in [6.45, 7) is -7.89. The van der Waals surface area contributed by atoms with Crippen LogP contribution in [0.3, 0.4) is 0 Å². The molecule has 133 heavy (non-hydrogen) atoms. The molecule has 0 radical (unpaired) electrons.